The monoisotopic (exact) mass is 468 g/mol. The van der Waals surface area contributed by atoms with E-state index in [9.17, 15) is 4.79 Å². The second-order valence-electron chi connectivity index (χ2n) is 5.04. The lowest BCUT2D eigenvalue weighted by Crippen LogP contribution is -2.45. The van der Waals surface area contributed by atoms with Crippen LogP contribution in [0.4, 0.5) is 0 Å². The number of hydrogen-bond acceptors (Lipinski definition) is 3. The molecule has 0 saturated carbocycles. The zero-order chi connectivity index (χ0) is 17.1. The Morgan fingerprint density at radius 3 is 2.50 bits per heavy atom. The van der Waals surface area contributed by atoms with E-state index in [1.807, 2.05) is 26.0 Å². The van der Waals surface area contributed by atoms with Gasteiger partial charge in [-0.25, -0.2) is 0 Å². The summed E-state index contributed by atoms with van der Waals surface area (Å²) in [6.07, 6.45) is 0.849. The molecule has 0 spiro atoms. The van der Waals surface area contributed by atoms with Crippen LogP contribution in [-0.2, 0) is 4.79 Å². The molecule has 0 fully saturated rings. The Morgan fingerprint density at radius 1 is 1.25 bits per heavy atom. The summed E-state index contributed by atoms with van der Waals surface area (Å²) in [5.74, 6) is 1.26. The summed E-state index contributed by atoms with van der Waals surface area (Å²) in [5, 5.41) is 9.55. The predicted octanol–water partition coefficient (Wildman–Crippen LogP) is 2.42. The Bertz CT molecular complexity index is 511. The standard InChI is InChI=1S/C16H25ClN4O2.HI/c1-4-9-19-15(22)11-21-16(18-3)20-10-12(2)23-14-7-5-13(17)6-8-14;/h5-8,12H,4,9-11H2,1-3H3,(H,19,22)(H2,18,20,21);1H. The first-order valence-corrected chi connectivity index (χ1v) is 8.06. The van der Waals surface area contributed by atoms with Gasteiger partial charge in [-0.1, -0.05) is 18.5 Å². The molecule has 1 atom stereocenters. The minimum atomic E-state index is -0.0661. The van der Waals surface area contributed by atoms with Gasteiger partial charge in [0.25, 0.3) is 0 Å². The number of carbonyl (C=O) groups is 1. The molecule has 0 bridgehead atoms. The Morgan fingerprint density at radius 2 is 1.92 bits per heavy atom. The average Bonchev–Trinajstić information content (AvgIpc) is 2.55. The Balaban J connectivity index is 0.00000529. The molecule has 1 aromatic rings. The van der Waals surface area contributed by atoms with E-state index in [1.54, 1.807) is 19.2 Å². The van der Waals surface area contributed by atoms with Crippen molar-refractivity contribution in [1.29, 1.82) is 0 Å². The lowest BCUT2D eigenvalue weighted by Gasteiger charge is -2.17. The summed E-state index contributed by atoms with van der Waals surface area (Å²) in [7, 11) is 1.66. The SMILES string of the molecule is CCCNC(=O)CNC(=NC)NCC(C)Oc1ccc(Cl)cc1.I. The summed E-state index contributed by atoms with van der Waals surface area (Å²) in [6.45, 7) is 5.38. The molecular formula is C16H26ClIN4O2. The normalized spacial score (nSPS) is 11.9. The van der Waals surface area contributed by atoms with Crippen molar-refractivity contribution in [3.8, 4) is 5.75 Å². The quantitative estimate of drug-likeness (QED) is 0.311. The Labute approximate surface area is 165 Å². The zero-order valence-electron chi connectivity index (χ0n) is 14.3. The first-order chi connectivity index (χ1) is 11.0. The molecule has 0 aliphatic rings. The van der Waals surface area contributed by atoms with Crippen molar-refractivity contribution in [3.63, 3.8) is 0 Å². The van der Waals surface area contributed by atoms with Crippen molar-refractivity contribution < 1.29 is 9.53 Å². The minimum Gasteiger partial charge on any atom is -0.489 e. The van der Waals surface area contributed by atoms with Gasteiger partial charge in [0.15, 0.2) is 5.96 Å². The van der Waals surface area contributed by atoms with Crippen molar-refractivity contribution in [3.05, 3.63) is 29.3 Å². The highest BCUT2D eigenvalue weighted by atomic mass is 127. The van der Waals surface area contributed by atoms with Crippen LogP contribution >= 0.6 is 35.6 Å². The fraction of sp³-hybridized carbons (Fsp3) is 0.500. The number of nitrogens with zero attached hydrogens (tertiary/aromatic N) is 1. The summed E-state index contributed by atoms with van der Waals surface area (Å²) < 4.78 is 5.76. The van der Waals surface area contributed by atoms with Crippen LogP contribution in [0.15, 0.2) is 29.3 Å². The van der Waals surface area contributed by atoms with Crippen LogP contribution in [0.25, 0.3) is 0 Å². The van der Waals surface area contributed by atoms with Gasteiger partial charge in [0.2, 0.25) is 5.91 Å². The highest BCUT2D eigenvalue weighted by molar-refractivity contribution is 14.0. The van der Waals surface area contributed by atoms with Crippen LogP contribution in [0.1, 0.15) is 20.3 Å². The second-order valence-corrected chi connectivity index (χ2v) is 5.48. The molecule has 0 radical (unpaired) electrons. The van der Waals surface area contributed by atoms with Crippen molar-refractivity contribution in [2.24, 2.45) is 4.99 Å². The average molecular weight is 469 g/mol. The number of amides is 1. The predicted molar refractivity (Wildman–Crippen MR) is 110 cm³/mol. The fourth-order valence-corrected chi connectivity index (χ4v) is 1.87. The van der Waals surface area contributed by atoms with Crippen molar-refractivity contribution in [2.75, 3.05) is 26.7 Å². The first kappa shape index (κ1) is 22.8. The van der Waals surface area contributed by atoms with Crippen LogP contribution < -0.4 is 20.7 Å². The molecule has 0 saturated heterocycles. The fourth-order valence-electron chi connectivity index (χ4n) is 1.74. The number of hydrogen-bond donors (Lipinski definition) is 3. The van der Waals surface area contributed by atoms with Gasteiger partial charge in [-0.2, -0.15) is 0 Å². The topological polar surface area (TPSA) is 74.8 Å². The molecule has 0 aromatic heterocycles. The molecule has 8 heteroatoms. The van der Waals surface area contributed by atoms with Crippen molar-refractivity contribution >= 4 is 47.4 Å². The van der Waals surface area contributed by atoms with Gasteiger partial charge >= 0.3 is 0 Å². The summed E-state index contributed by atoms with van der Waals surface area (Å²) in [4.78, 5) is 15.6. The summed E-state index contributed by atoms with van der Waals surface area (Å²) in [5.41, 5.74) is 0. The smallest absolute Gasteiger partial charge is 0.239 e. The molecule has 6 nitrogen and oxygen atoms in total. The molecule has 3 N–H and O–H groups in total. The van der Waals surface area contributed by atoms with E-state index in [-0.39, 0.29) is 42.5 Å². The molecule has 0 aliphatic heterocycles. The molecule has 24 heavy (non-hydrogen) atoms. The maximum Gasteiger partial charge on any atom is 0.239 e. The number of aliphatic imine (C=N–C) groups is 1. The van der Waals surface area contributed by atoms with Gasteiger partial charge in [-0.15, -0.1) is 24.0 Å². The van der Waals surface area contributed by atoms with E-state index in [0.717, 1.165) is 12.2 Å². The van der Waals surface area contributed by atoms with Gasteiger partial charge in [0.1, 0.15) is 11.9 Å². The van der Waals surface area contributed by atoms with Crippen LogP contribution in [-0.4, -0.2) is 44.7 Å². The number of rotatable bonds is 8. The van der Waals surface area contributed by atoms with Gasteiger partial charge < -0.3 is 20.7 Å². The van der Waals surface area contributed by atoms with Crippen molar-refractivity contribution in [1.82, 2.24) is 16.0 Å². The number of ether oxygens (including phenoxy) is 1. The van der Waals surface area contributed by atoms with Gasteiger partial charge in [0, 0.05) is 18.6 Å². The minimum absolute atomic E-state index is 0. The van der Waals surface area contributed by atoms with E-state index in [1.165, 1.54) is 0 Å². The van der Waals surface area contributed by atoms with E-state index in [4.69, 9.17) is 16.3 Å². The highest BCUT2D eigenvalue weighted by Crippen LogP contribution is 2.16. The molecule has 136 valence electrons. The molecule has 0 heterocycles. The number of halogens is 2. The zero-order valence-corrected chi connectivity index (χ0v) is 17.4. The molecule has 1 unspecified atom stereocenters. The number of guanidine groups is 1. The third kappa shape index (κ3) is 9.82. The number of benzene rings is 1. The van der Waals surface area contributed by atoms with Gasteiger partial charge in [0.05, 0.1) is 13.1 Å². The molecule has 1 aromatic carbocycles. The van der Waals surface area contributed by atoms with E-state index in [2.05, 4.69) is 20.9 Å². The largest absolute Gasteiger partial charge is 0.489 e. The second kappa shape index (κ2) is 13.1. The van der Waals surface area contributed by atoms with Crippen LogP contribution in [0, 0.1) is 0 Å². The lowest BCUT2D eigenvalue weighted by molar-refractivity contribution is -0.120. The van der Waals surface area contributed by atoms with Gasteiger partial charge in [-0.05, 0) is 37.6 Å². The van der Waals surface area contributed by atoms with E-state index in [0.29, 0.717) is 24.1 Å². The van der Waals surface area contributed by atoms with Crippen LogP contribution in [0.5, 0.6) is 5.75 Å². The van der Waals surface area contributed by atoms with Crippen molar-refractivity contribution in [2.45, 2.75) is 26.4 Å². The Kier molecular flexibility index (Phi) is 12.4. The molecular weight excluding hydrogens is 443 g/mol. The van der Waals surface area contributed by atoms with E-state index >= 15 is 0 Å². The number of nitrogens with one attached hydrogen (secondary N) is 3. The van der Waals surface area contributed by atoms with E-state index < -0.39 is 0 Å². The molecule has 0 aliphatic carbocycles. The maximum atomic E-state index is 11.5. The molecule has 1 amide bonds. The Hall–Kier alpha value is -1.22. The third-order valence-corrected chi connectivity index (χ3v) is 3.17. The van der Waals surface area contributed by atoms with Crippen LogP contribution in [0.2, 0.25) is 5.02 Å². The number of carbonyl (C=O) groups excluding carboxylic acids is 1. The third-order valence-electron chi connectivity index (χ3n) is 2.92. The van der Waals surface area contributed by atoms with Crippen LogP contribution in [0.3, 0.4) is 0 Å². The lowest BCUT2D eigenvalue weighted by atomic mass is 10.3. The summed E-state index contributed by atoms with van der Waals surface area (Å²) >= 11 is 5.84. The maximum absolute atomic E-state index is 11.5. The van der Waals surface area contributed by atoms with Gasteiger partial charge in [-0.3, -0.25) is 9.79 Å². The highest BCUT2D eigenvalue weighted by Gasteiger charge is 2.07. The molecule has 1 rings (SSSR count). The first-order valence-electron chi connectivity index (χ1n) is 7.68. The summed E-state index contributed by atoms with van der Waals surface area (Å²) in [6, 6.07) is 7.22.